The molecule has 1 atom stereocenters. The number of anilines is 1. The zero-order valence-corrected chi connectivity index (χ0v) is 9.56. The number of hydrogen-bond donors (Lipinski definition) is 2. The van der Waals surface area contributed by atoms with Crippen LogP contribution in [0.1, 0.15) is 19.8 Å². The summed E-state index contributed by atoms with van der Waals surface area (Å²) < 4.78 is 4.91. The van der Waals surface area contributed by atoms with Crippen LogP contribution in [0.2, 0.25) is 0 Å². The Hall–Kier alpha value is -1.62. The van der Waals surface area contributed by atoms with E-state index in [1.54, 1.807) is 12.1 Å². The van der Waals surface area contributed by atoms with Gasteiger partial charge in [-0.3, -0.25) is 4.79 Å². The van der Waals surface area contributed by atoms with Crippen molar-refractivity contribution in [3.63, 3.8) is 0 Å². The second kappa shape index (κ2) is 6.07. The average molecular weight is 223 g/mol. The molecule has 0 radical (unpaired) electrons. The zero-order chi connectivity index (χ0) is 12.0. The summed E-state index contributed by atoms with van der Waals surface area (Å²) in [6, 6.07) is 2.94. The van der Waals surface area contributed by atoms with Crippen LogP contribution in [0.25, 0.3) is 0 Å². The molecule has 1 aromatic heterocycles. The third-order valence-corrected chi connectivity index (χ3v) is 2.15. The van der Waals surface area contributed by atoms with Gasteiger partial charge in [0.05, 0.1) is 25.0 Å². The molecule has 0 saturated heterocycles. The molecule has 0 aliphatic carbocycles. The molecule has 0 aliphatic rings. The van der Waals surface area contributed by atoms with Gasteiger partial charge in [0.25, 0.3) is 0 Å². The minimum absolute atomic E-state index is 0.186. The lowest BCUT2D eigenvalue weighted by Gasteiger charge is -2.10. The van der Waals surface area contributed by atoms with Gasteiger partial charge in [-0.15, -0.1) is 0 Å². The Bertz CT molecular complexity index is 338. The molecule has 1 rings (SSSR count). The fourth-order valence-corrected chi connectivity index (χ4v) is 1.25. The number of nitrogens with one attached hydrogen (secondary N) is 1. The van der Waals surface area contributed by atoms with E-state index in [0.717, 1.165) is 6.42 Å². The maximum atomic E-state index is 11.6. The Labute approximate surface area is 95.0 Å². The monoisotopic (exact) mass is 223 g/mol. The van der Waals surface area contributed by atoms with Crippen LogP contribution in [0, 0.1) is 0 Å². The number of aromatic nitrogens is 1. The fourth-order valence-electron chi connectivity index (χ4n) is 1.25. The van der Waals surface area contributed by atoms with E-state index >= 15 is 0 Å². The first kappa shape index (κ1) is 12.4. The Morgan fingerprint density at radius 3 is 2.88 bits per heavy atom. The van der Waals surface area contributed by atoms with E-state index in [4.69, 9.17) is 10.5 Å². The molecule has 0 bridgehead atoms. The van der Waals surface area contributed by atoms with Gasteiger partial charge < -0.3 is 15.8 Å². The van der Waals surface area contributed by atoms with E-state index in [1.165, 1.54) is 13.3 Å². The number of pyridine rings is 1. The van der Waals surface area contributed by atoms with E-state index in [1.807, 2.05) is 6.92 Å². The number of rotatable bonds is 5. The number of nitrogens with zero attached hydrogens (tertiary/aromatic N) is 1. The molecule has 1 heterocycles. The summed E-state index contributed by atoms with van der Waals surface area (Å²) >= 11 is 0. The summed E-state index contributed by atoms with van der Waals surface area (Å²) in [6.07, 6.45) is 3.10. The molecule has 1 aromatic rings. The predicted molar refractivity (Wildman–Crippen MR) is 62.3 cm³/mol. The van der Waals surface area contributed by atoms with Gasteiger partial charge in [-0.1, -0.05) is 13.3 Å². The molecule has 0 saturated carbocycles. The Kier molecular flexibility index (Phi) is 4.72. The van der Waals surface area contributed by atoms with Crippen molar-refractivity contribution in [2.24, 2.45) is 5.73 Å². The lowest BCUT2D eigenvalue weighted by atomic mass is 10.1. The second-order valence-electron chi connectivity index (χ2n) is 3.47. The van der Waals surface area contributed by atoms with E-state index in [2.05, 4.69) is 10.3 Å². The molecule has 5 nitrogen and oxygen atoms in total. The van der Waals surface area contributed by atoms with Crippen LogP contribution in [-0.4, -0.2) is 24.0 Å². The summed E-state index contributed by atoms with van der Waals surface area (Å²) in [5.74, 6) is 0.324. The van der Waals surface area contributed by atoms with Crippen LogP contribution < -0.4 is 15.8 Å². The van der Waals surface area contributed by atoms with Crippen LogP contribution in [0.15, 0.2) is 18.3 Å². The van der Waals surface area contributed by atoms with Gasteiger partial charge in [0, 0.05) is 6.07 Å². The Morgan fingerprint density at radius 1 is 1.62 bits per heavy atom. The third kappa shape index (κ3) is 3.51. The summed E-state index contributed by atoms with van der Waals surface area (Å²) in [6.45, 7) is 1.99. The smallest absolute Gasteiger partial charge is 0.241 e. The van der Waals surface area contributed by atoms with E-state index in [-0.39, 0.29) is 5.91 Å². The van der Waals surface area contributed by atoms with Crippen LogP contribution >= 0.6 is 0 Å². The number of nitrogens with two attached hydrogens (primary N) is 1. The molecule has 0 fully saturated rings. The first-order valence-electron chi connectivity index (χ1n) is 5.24. The van der Waals surface area contributed by atoms with Gasteiger partial charge in [0.1, 0.15) is 0 Å². The van der Waals surface area contributed by atoms with Gasteiger partial charge in [-0.25, -0.2) is 4.98 Å². The van der Waals surface area contributed by atoms with Crippen LogP contribution in [0.5, 0.6) is 5.88 Å². The molecular formula is C11H17N3O2. The molecule has 0 unspecified atom stereocenters. The number of ether oxygens (including phenoxy) is 1. The molecule has 0 aromatic carbocycles. The lowest BCUT2D eigenvalue weighted by Crippen LogP contribution is -2.35. The lowest BCUT2D eigenvalue weighted by molar-refractivity contribution is -0.117. The van der Waals surface area contributed by atoms with Crippen molar-refractivity contribution in [1.29, 1.82) is 0 Å². The van der Waals surface area contributed by atoms with Crippen molar-refractivity contribution >= 4 is 11.6 Å². The maximum Gasteiger partial charge on any atom is 0.241 e. The first-order valence-corrected chi connectivity index (χ1v) is 5.24. The molecule has 16 heavy (non-hydrogen) atoms. The highest BCUT2D eigenvalue weighted by Gasteiger charge is 2.12. The SMILES string of the molecule is CCC[C@H](N)C(=O)Nc1ccc(OC)nc1. The predicted octanol–water partition coefficient (Wildman–Crippen LogP) is 1.16. The van der Waals surface area contributed by atoms with Crippen LogP contribution in [-0.2, 0) is 4.79 Å². The van der Waals surface area contributed by atoms with Crippen molar-refractivity contribution < 1.29 is 9.53 Å². The highest BCUT2D eigenvalue weighted by atomic mass is 16.5. The molecule has 5 heteroatoms. The van der Waals surface area contributed by atoms with E-state index < -0.39 is 6.04 Å². The number of carbonyl (C=O) groups is 1. The normalized spacial score (nSPS) is 11.9. The van der Waals surface area contributed by atoms with Gasteiger partial charge in [-0.05, 0) is 12.5 Å². The van der Waals surface area contributed by atoms with Crippen molar-refractivity contribution in [1.82, 2.24) is 4.98 Å². The molecule has 0 spiro atoms. The second-order valence-corrected chi connectivity index (χ2v) is 3.47. The summed E-state index contributed by atoms with van der Waals surface area (Å²) in [7, 11) is 1.54. The summed E-state index contributed by atoms with van der Waals surface area (Å²) in [5.41, 5.74) is 6.30. The van der Waals surface area contributed by atoms with E-state index in [0.29, 0.717) is 18.0 Å². The molecular weight excluding hydrogens is 206 g/mol. The van der Waals surface area contributed by atoms with Crippen molar-refractivity contribution in [2.45, 2.75) is 25.8 Å². The van der Waals surface area contributed by atoms with Crippen LogP contribution in [0.3, 0.4) is 0 Å². The van der Waals surface area contributed by atoms with Gasteiger partial charge >= 0.3 is 0 Å². The van der Waals surface area contributed by atoms with Crippen LogP contribution in [0.4, 0.5) is 5.69 Å². The minimum Gasteiger partial charge on any atom is -0.481 e. The highest BCUT2D eigenvalue weighted by molar-refractivity contribution is 5.94. The Morgan fingerprint density at radius 2 is 2.38 bits per heavy atom. The standard InChI is InChI=1S/C11H17N3O2/c1-3-4-9(12)11(15)14-8-5-6-10(16-2)13-7-8/h5-7,9H,3-4,12H2,1-2H3,(H,14,15)/t9-/m0/s1. The van der Waals surface area contributed by atoms with E-state index in [9.17, 15) is 4.79 Å². The fraction of sp³-hybridized carbons (Fsp3) is 0.455. The summed E-state index contributed by atoms with van der Waals surface area (Å²) in [5, 5.41) is 2.70. The van der Waals surface area contributed by atoms with Crippen molar-refractivity contribution in [2.75, 3.05) is 12.4 Å². The quantitative estimate of drug-likeness (QED) is 0.785. The molecule has 88 valence electrons. The highest BCUT2D eigenvalue weighted by Crippen LogP contribution is 2.11. The first-order chi connectivity index (χ1) is 7.67. The van der Waals surface area contributed by atoms with Crippen molar-refractivity contribution in [3.05, 3.63) is 18.3 Å². The van der Waals surface area contributed by atoms with Gasteiger partial charge in [0.15, 0.2) is 0 Å². The molecule has 3 N–H and O–H groups in total. The number of carbonyl (C=O) groups excluding carboxylic acids is 1. The third-order valence-electron chi connectivity index (χ3n) is 2.15. The maximum absolute atomic E-state index is 11.6. The zero-order valence-electron chi connectivity index (χ0n) is 9.56. The largest absolute Gasteiger partial charge is 0.481 e. The number of methoxy groups -OCH3 is 1. The van der Waals surface area contributed by atoms with Gasteiger partial charge in [0.2, 0.25) is 11.8 Å². The number of amides is 1. The van der Waals surface area contributed by atoms with Gasteiger partial charge in [-0.2, -0.15) is 0 Å². The average Bonchev–Trinajstić information content (AvgIpc) is 2.30. The minimum atomic E-state index is -0.466. The molecule has 1 amide bonds. The van der Waals surface area contributed by atoms with Crippen molar-refractivity contribution in [3.8, 4) is 5.88 Å². The number of hydrogen-bond acceptors (Lipinski definition) is 4. The molecule has 0 aliphatic heterocycles. The summed E-state index contributed by atoms with van der Waals surface area (Å²) in [4.78, 5) is 15.5. The Balaban J connectivity index is 2.55. The topological polar surface area (TPSA) is 77.2 Å².